The van der Waals surface area contributed by atoms with Crippen LogP contribution in [0, 0.1) is 11.3 Å². The predicted octanol–water partition coefficient (Wildman–Crippen LogP) is 2.04. The molecule has 0 unspecified atom stereocenters. The van der Waals surface area contributed by atoms with Crippen LogP contribution >= 0.6 is 12.4 Å². The van der Waals surface area contributed by atoms with Gasteiger partial charge in [0.1, 0.15) is 0 Å². The van der Waals surface area contributed by atoms with Crippen molar-refractivity contribution >= 4 is 18.3 Å². The molecule has 16 heavy (non-hydrogen) atoms. The van der Waals surface area contributed by atoms with Crippen LogP contribution < -0.4 is 5.73 Å². The normalized spacial score (nSPS) is 20.2. The highest BCUT2D eigenvalue weighted by atomic mass is 35.5. The third-order valence-electron chi connectivity index (χ3n) is 3.42. The van der Waals surface area contributed by atoms with Gasteiger partial charge in [-0.1, -0.05) is 20.8 Å². The Labute approximate surface area is 105 Å². The second kappa shape index (κ2) is 5.87. The fourth-order valence-electron chi connectivity index (χ4n) is 2.25. The smallest absolute Gasteiger partial charge is 0.239 e. The summed E-state index contributed by atoms with van der Waals surface area (Å²) in [5.41, 5.74) is 5.96. The maximum absolute atomic E-state index is 11.7. The summed E-state index contributed by atoms with van der Waals surface area (Å²) in [5.74, 6) is 0.831. The van der Waals surface area contributed by atoms with Gasteiger partial charge >= 0.3 is 0 Å². The molecule has 0 aliphatic carbocycles. The van der Waals surface area contributed by atoms with E-state index < -0.39 is 0 Å². The molecule has 3 nitrogen and oxygen atoms in total. The highest BCUT2D eigenvalue weighted by molar-refractivity contribution is 5.85. The van der Waals surface area contributed by atoms with E-state index in [1.54, 1.807) is 6.92 Å². The molecule has 2 N–H and O–H groups in total. The van der Waals surface area contributed by atoms with E-state index in [-0.39, 0.29) is 24.4 Å². The molecule has 0 bridgehead atoms. The van der Waals surface area contributed by atoms with Gasteiger partial charge in [0.25, 0.3) is 0 Å². The lowest BCUT2D eigenvalue weighted by molar-refractivity contribution is -0.134. The van der Waals surface area contributed by atoms with Gasteiger partial charge in [-0.3, -0.25) is 4.79 Å². The van der Waals surface area contributed by atoms with E-state index in [2.05, 4.69) is 20.8 Å². The lowest BCUT2D eigenvalue weighted by Crippen LogP contribution is -2.47. The summed E-state index contributed by atoms with van der Waals surface area (Å²) in [6.45, 7) is 10.4. The van der Waals surface area contributed by atoms with Crippen LogP contribution in [0.3, 0.4) is 0 Å². The summed E-state index contributed by atoms with van der Waals surface area (Å²) in [7, 11) is 0. The fourth-order valence-corrected chi connectivity index (χ4v) is 2.25. The minimum absolute atomic E-state index is 0. The van der Waals surface area contributed by atoms with Crippen LogP contribution in [0.25, 0.3) is 0 Å². The Hall–Kier alpha value is -0.280. The largest absolute Gasteiger partial charge is 0.341 e. The Bertz CT molecular complexity index is 228. The molecule has 0 saturated carbocycles. The maximum Gasteiger partial charge on any atom is 0.239 e. The minimum atomic E-state index is -0.351. The highest BCUT2D eigenvalue weighted by Gasteiger charge is 2.30. The van der Waals surface area contributed by atoms with Gasteiger partial charge in [-0.05, 0) is 31.1 Å². The van der Waals surface area contributed by atoms with Gasteiger partial charge in [-0.15, -0.1) is 12.4 Å². The summed E-state index contributed by atoms with van der Waals surface area (Å²) in [5, 5.41) is 0. The molecule has 96 valence electrons. The summed E-state index contributed by atoms with van der Waals surface area (Å²) >= 11 is 0. The Morgan fingerprint density at radius 1 is 1.31 bits per heavy atom. The van der Waals surface area contributed by atoms with Gasteiger partial charge in [-0.25, -0.2) is 0 Å². The SMILES string of the molecule is C[C@@H](N)C(=O)N1CCC(C(C)(C)C)CC1.Cl. The van der Waals surface area contributed by atoms with Crippen molar-refractivity contribution in [2.75, 3.05) is 13.1 Å². The number of hydrogen-bond donors (Lipinski definition) is 1. The number of likely N-dealkylation sites (tertiary alicyclic amines) is 1. The monoisotopic (exact) mass is 248 g/mol. The Morgan fingerprint density at radius 3 is 2.06 bits per heavy atom. The molecule has 0 spiro atoms. The van der Waals surface area contributed by atoms with E-state index in [9.17, 15) is 4.79 Å². The first kappa shape index (κ1) is 15.7. The first-order valence-corrected chi connectivity index (χ1v) is 5.86. The zero-order chi connectivity index (χ0) is 11.6. The Balaban J connectivity index is 0.00000225. The number of carbonyl (C=O) groups excluding carboxylic acids is 1. The van der Waals surface area contributed by atoms with Gasteiger partial charge in [-0.2, -0.15) is 0 Å². The molecule has 1 rings (SSSR count). The van der Waals surface area contributed by atoms with Crippen molar-refractivity contribution in [1.82, 2.24) is 4.90 Å². The minimum Gasteiger partial charge on any atom is -0.341 e. The number of rotatable bonds is 1. The molecule has 1 aliphatic heterocycles. The lowest BCUT2D eigenvalue weighted by Gasteiger charge is -2.39. The van der Waals surface area contributed by atoms with E-state index >= 15 is 0 Å². The molecule has 0 radical (unpaired) electrons. The van der Waals surface area contributed by atoms with E-state index in [4.69, 9.17) is 5.73 Å². The zero-order valence-electron chi connectivity index (χ0n) is 10.8. The van der Waals surface area contributed by atoms with Gasteiger partial charge in [0.05, 0.1) is 6.04 Å². The van der Waals surface area contributed by atoms with E-state index in [0.717, 1.165) is 31.8 Å². The summed E-state index contributed by atoms with van der Waals surface area (Å²) < 4.78 is 0. The summed E-state index contributed by atoms with van der Waals surface area (Å²) in [6.07, 6.45) is 2.23. The molecule has 1 heterocycles. The first-order chi connectivity index (χ1) is 6.82. The summed E-state index contributed by atoms with van der Waals surface area (Å²) in [4.78, 5) is 13.6. The topological polar surface area (TPSA) is 46.3 Å². The Morgan fingerprint density at radius 2 is 1.75 bits per heavy atom. The van der Waals surface area contributed by atoms with Crippen LogP contribution in [0.4, 0.5) is 0 Å². The van der Waals surface area contributed by atoms with Crippen molar-refractivity contribution in [2.45, 2.75) is 46.6 Å². The maximum atomic E-state index is 11.7. The molecule has 1 aliphatic rings. The average Bonchev–Trinajstić information content (AvgIpc) is 2.15. The quantitative estimate of drug-likeness (QED) is 0.772. The van der Waals surface area contributed by atoms with Crippen LogP contribution in [0.15, 0.2) is 0 Å². The molecule has 0 aromatic carbocycles. The van der Waals surface area contributed by atoms with Crippen LogP contribution in [0.2, 0.25) is 0 Å². The predicted molar refractivity (Wildman–Crippen MR) is 69.7 cm³/mol. The molecule has 1 fully saturated rings. The molecule has 1 amide bonds. The van der Waals surface area contributed by atoms with Gasteiger partial charge in [0.2, 0.25) is 5.91 Å². The number of halogens is 1. The van der Waals surface area contributed by atoms with Crippen molar-refractivity contribution in [3.63, 3.8) is 0 Å². The van der Waals surface area contributed by atoms with Crippen LogP contribution in [-0.4, -0.2) is 29.9 Å². The molecule has 1 saturated heterocycles. The molecule has 0 aromatic heterocycles. The second-order valence-electron chi connectivity index (χ2n) is 5.75. The first-order valence-electron chi connectivity index (χ1n) is 5.86. The Kier molecular flexibility index (Phi) is 5.77. The second-order valence-corrected chi connectivity index (χ2v) is 5.75. The molecule has 0 aromatic rings. The number of amides is 1. The third kappa shape index (κ3) is 3.95. The average molecular weight is 249 g/mol. The standard InChI is InChI=1S/C12H24N2O.ClH/c1-9(13)11(15)14-7-5-10(6-8-14)12(2,3)4;/h9-10H,5-8,13H2,1-4H3;1H/t9-;/m1./s1. The van der Waals surface area contributed by atoms with Crippen molar-refractivity contribution in [3.05, 3.63) is 0 Å². The number of carbonyl (C=O) groups is 1. The van der Waals surface area contributed by atoms with Crippen molar-refractivity contribution in [1.29, 1.82) is 0 Å². The number of hydrogen-bond acceptors (Lipinski definition) is 2. The zero-order valence-corrected chi connectivity index (χ0v) is 11.6. The van der Waals surface area contributed by atoms with Crippen molar-refractivity contribution in [2.24, 2.45) is 17.1 Å². The van der Waals surface area contributed by atoms with Crippen molar-refractivity contribution < 1.29 is 4.79 Å². The summed E-state index contributed by atoms with van der Waals surface area (Å²) in [6, 6.07) is -0.351. The molecular weight excluding hydrogens is 224 g/mol. The van der Waals surface area contributed by atoms with Gasteiger partial charge in [0, 0.05) is 13.1 Å². The molecular formula is C12H25ClN2O. The fraction of sp³-hybridized carbons (Fsp3) is 0.917. The van der Waals surface area contributed by atoms with E-state index in [1.165, 1.54) is 0 Å². The number of nitrogens with two attached hydrogens (primary N) is 1. The van der Waals surface area contributed by atoms with Gasteiger partial charge in [0.15, 0.2) is 0 Å². The molecule has 4 heteroatoms. The lowest BCUT2D eigenvalue weighted by atomic mass is 9.75. The van der Waals surface area contributed by atoms with E-state index in [1.807, 2.05) is 4.90 Å². The molecule has 1 atom stereocenters. The third-order valence-corrected chi connectivity index (χ3v) is 3.42. The van der Waals surface area contributed by atoms with Crippen LogP contribution in [0.1, 0.15) is 40.5 Å². The number of nitrogens with zero attached hydrogens (tertiary/aromatic N) is 1. The van der Waals surface area contributed by atoms with Crippen molar-refractivity contribution in [3.8, 4) is 0 Å². The van der Waals surface area contributed by atoms with Crippen LogP contribution in [-0.2, 0) is 4.79 Å². The van der Waals surface area contributed by atoms with Crippen LogP contribution in [0.5, 0.6) is 0 Å². The van der Waals surface area contributed by atoms with Gasteiger partial charge < -0.3 is 10.6 Å². The number of piperidine rings is 1. The van der Waals surface area contributed by atoms with E-state index in [0.29, 0.717) is 5.41 Å². The highest BCUT2D eigenvalue weighted by Crippen LogP contribution is 2.34.